The zero-order valence-corrected chi connectivity index (χ0v) is 16.7. The van der Waals surface area contributed by atoms with E-state index < -0.39 is 28.8 Å². The highest BCUT2D eigenvalue weighted by atomic mass is 16.6. The van der Waals surface area contributed by atoms with E-state index in [1.54, 1.807) is 13.1 Å². The Morgan fingerprint density at radius 3 is 2.39 bits per heavy atom. The maximum absolute atomic E-state index is 13.6. The van der Waals surface area contributed by atoms with Gasteiger partial charge in [0.15, 0.2) is 5.78 Å². The van der Waals surface area contributed by atoms with E-state index in [-0.39, 0.29) is 35.4 Å². The molecule has 2 fully saturated rings. The van der Waals surface area contributed by atoms with Crippen molar-refractivity contribution in [3.63, 3.8) is 0 Å². The highest BCUT2D eigenvalue weighted by molar-refractivity contribution is 6.12. The van der Waals surface area contributed by atoms with Crippen LogP contribution in [0.5, 0.6) is 0 Å². The molecule has 0 aromatic heterocycles. The lowest BCUT2D eigenvalue weighted by molar-refractivity contribution is -0.384. The van der Waals surface area contributed by atoms with Crippen molar-refractivity contribution in [2.75, 3.05) is 6.54 Å². The van der Waals surface area contributed by atoms with Crippen molar-refractivity contribution in [1.82, 2.24) is 9.80 Å². The highest BCUT2D eigenvalue weighted by Gasteiger charge is 2.63. The molecule has 156 valence electrons. The lowest BCUT2D eigenvalue weighted by Crippen LogP contribution is -2.44. The van der Waals surface area contributed by atoms with Gasteiger partial charge in [0.1, 0.15) is 6.04 Å². The van der Waals surface area contributed by atoms with Gasteiger partial charge >= 0.3 is 0 Å². The SMILES string of the molecule is CCN1C(=O)C2C(C1=O)C1c3ccccc3C=CN1C2C(=O)c1ccc([N+](=O)[O-])cc1. The first kappa shape index (κ1) is 19.2. The summed E-state index contributed by atoms with van der Waals surface area (Å²) in [6.45, 7) is 2.00. The summed E-state index contributed by atoms with van der Waals surface area (Å²) in [6.07, 6.45) is 3.67. The average molecular weight is 417 g/mol. The maximum Gasteiger partial charge on any atom is 0.269 e. The average Bonchev–Trinajstić information content (AvgIpc) is 3.25. The van der Waals surface area contributed by atoms with Crippen LogP contribution in [0.15, 0.2) is 54.7 Å². The van der Waals surface area contributed by atoms with Gasteiger partial charge in [-0.3, -0.25) is 29.4 Å². The van der Waals surface area contributed by atoms with Crippen LogP contribution in [-0.4, -0.2) is 44.9 Å². The van der Waals surface area contributed by atoms with E-state index in [9.17, 15) is 24.5 Å². The fourth-order valence-electron chi connectivity index (χ4n) is 5.15. The topological polar surface area (TPSA) is 101 Å². The number of imide groups is 1. The lowest BCUT2D eigenvalue weighted by atomic mass is 9.83. The van der Waals surface area contributed by atoms with Crippen LogP contribution in [0.2, 0.25) is 0 Å². The molecule has 2 aromatic carbocycles. The third kappa shape index (κ3) is 2.64. The smallest absolute Gasteiger partial charge is 0.269 e. The minimum atomic E-state index is -0.853. The molecule has 3 aliphatic heterocycles. The molecule has 0 saturated carbocycles. The first-order valence-electron chi connectivity index (χ1n) is 10.1. The second kappa shape index (κ2) is 6.87. The Hall–Kier alpha value is -3.81. The second-order valence-corrected chi connectivity index (χ2v) is 7.92. The van der Waals surface area contributed by atoms with Gasteiger partial charge in [-0.15, -0.1) is 0 Å². The van der Waals surface area contributed by atoms with Crippen molar-refractivity contribution in [2.24, 2.45) is 11.8 Å². The number of non-ortho nitro benzene ring substituents is 1. The van der Waals surface area contributed by atoms with Crippen molar-refractivity contribution in [3.05, 3.63) is 81.5 Å². The summed E-state index contributed by atoms with van der Waals surface area (Å²) in [7, 11) is 0. The molecule has 0 bridgehead atoms. The van der Waals surface area contributed by atoms with Gasteiger partial charge in [0.2, 0.25) is 11.8 Å². The Balaban J connectivity index is 1.61. The molecule has 8 heteroatoms. The van der Waals surface area contributed by atoms with E-state index in [0.717, 1.165) is 11.1 Å². The Kier molecular flexibility index (Phi) is 4.25. The molecule has 0 N–H and O–H groups in total. The second-order valence-electron chi connectivity index (χ2n) is 7.92. The molecule has 31 heavy (non-hydrogen) atoms. The number of nitro benzene ring substituents is 1. The molecule has 2 aromatic rings. The fourth-order valence-corrected chi connectivity index (χ4v) is 5.15. The fraction of sp³-hybridized carbons (Fsp3) is 0.261. The molecule has 4 unspecified atom stereocenters. The molecule has 4 atom stereocenters. The van der Waals surface area contributed by atoms with Gasteiger partial charge in [-0.05, 0) is 36.3 Å². The van der Waals surface area contributed by atoms with Crippen molar-refractivity contribution >= 4 is 29.4 Å². The minimum Gasteiger partial charge on any atom is -0.358 e. The van der Waals surface area contributed by atoms with Crippen LogP contribution < -0.4 is 0 Å². The Bertz CT molecular complexity index is 1160. The van der Waals surface area contributed by atoms with Crippen molar-refractivity contribution < 1.29 is 19.3 Å². The Labute approximate surface area is 177 Å². The molecule has 0 aliphatic carbocycles. The quantitative estimate of drug-likeness (QED) is 0.328. The summed E-state index contributed by atoms with van der Waals surface area (Å²) in [6, 6.07) is 11.8. The van der Waals surface area contributed by atoms with Gasteiger partial charge in [0.05, 0.1) is 22.8 Å². The number of Topliss-reactive ketones (excluding diaryl/α,β-unsaturated/α-hetero) is 1. The van der Waals surface area contributed by atoms with Crippen molar-refractivity contribution in [3.8, 4) is 0 Å². The monoisotopic (exact) mass is 417 g/mol. The minimum absolute atomic E-state index is 0.116. The Morgan fingerprint density at radius 1 is 1.03 bits per heavy atom. The number of amides is 2. The van der Waals surface area contributed by atoms with E-state index in [4.69, 9.17) is 0 Å². The summed E-state index contributed by atoms with van der Waals surface area (Å²) in [4.78, 5) is 53.4. The summed E-state index contributed by atoms with van der Waals surface area (Å²) >= 11 is 0. The van der Waals surface area contributed by atoms with E-state index in [1.165, 1.54) is 29.2 Å². The standard InChI is InChI=1S/C23H19N3O5/c1-2-24-22(28)17-18(23(24)29)20(21(27)14-7-9-15(10-8-14)26(30)31)25-12-11-13-5-3-4-6-16(13)19(17)25/h3-12,17-20H,2H2,1H3. The zero-order chi connectivity index (χ0) is 21.9. The number of likely N-dealkylation sites (tertiary alicyclic amines) is 1. The number of benzene rings is 2. The number of nitrogens with zero attached hydrogens (tertiary/aromatic N) is 3. The normalized spacial score (nSPS) is 26.0. The number of carbonyl (C=O) groups excluding carboxylic acids is 3. The van der Waals surface area contributed by atoms with Crippen LogP contribution in [0.25, 0.3) is 6.08 Å². The van der Waals surface area contributed by atoms with Crippen molar-refractivity contribution in [1.29, 1.82) is 0 Å². The molecular formula is C23H19N3O5. The molecule has 3 aliphatic rings. The number of hydrogen-bond acceptors (Lipinski definition) is 6. The van der Waals surface area contributed by atoms with Gasteiger partial charge in [-0.2, -0.15) is 0 Å². The van der Waals surface area contributed by atoms with E-state index >= 15 is 0 Å². The number of rotatable bonds is 4. The third-order valence-electron chi connectivity index (χ3n) is 6.50. The molecule has 2 amide bonds. The van der Waals surface area contributed by atoms with E-state index in [0.29, 0.717) is 0 Å². The molecule has 5 rings (SSSR count). The van der Waals surface area contributed by atoms with Crippen LogP contribution in [0, 0.1) is 22.0 Å². The van der Waals surface area contributed by atoms with Crippen LogP contribution in [0.3, 0.4) is 0 Å². The van der Waals surface area contributed by atoms with Crippen molar-refractivity contribution in [2.45, 2.75) is 19.0 Å². The molecule has 3 heterocycles. The molecule has 0 radical (unpaired) electrons. The predicted molar refractivity (Wildman–Crippen MR) is 111 cm³/mol. The number of carbonyl (C=O) groups is 3. The van der Waals surface area contributed by atoms with Crippen LogP contribution >= 0.6 is 0 Å². The molecule has 8 nitrogen and oxygen atoms in total. The summed E-state index contributed by atoms with van der Waals surface area (Å²) < 4.78 is 0. The van der Waals surface area contributed by atoms with E-state index in [2.05, 4.69) is 0 Å². The van der Waals surface area contributed by atoms with Gasteiger partial charge < -0.3 is 4.90 Å². The van der Waals surface area contributed by atoms with Crippen LogP contribution in [0.1, 0.15) is 34.5 Å². The van der Waals surface area contributed by atoms with Gasteiger partial charge in [0, 0.05) is 30.4 Å². The molecule has 2 saturated heterocycles. The third-order valence-corrected chi connectivity index (χ3v) is 6.50. The zero-order valence-electron chi connectivity index (χ0n) is 16.7. The molecular weight excluding hydrogens is 398 g/mol. The summed E-state index contributed by atoms with van der Waals surface area (Å²) in [5.74, 6) is -2.35. The number of fused-ring (bicyclic) bond motifs is 5. The van der Waals surface area contributed by atoms with Crippen LogP contribution in [0.4, 0.5) is 5.69 Å². The Morgan fingerprint density at radius 2 is 1.71 bits per heavy atom. The number of nitro groups is 1. The maximum atomic E-state index is 13.6. The largest absolute Gasteiger partial charge is 0.358 e. The van der Waals surface area contributed by atoms with Gasteiger partial charge in [0.25, 0.3) is 5.69 Å². The van der Waals surface area contributed by atoms with E-state index in [1.807, 2.05) is 35.2 Å². The first-order chi connectivity index (χ1) is 14.9. The van der Waals surface area contributed by atoms with Gasteiger partial charge in [-0.1, -0.05) is 24.3 Å². The highest BCUT2D eigenvalue weighted by Crippen LogP contribution is 2.53. The number of ketones is 1. The first-order valence-corrected chi connectivity index (χ1v) is 10.1. The predicted octanol–water partition coefficient (Wildman–Crippen LogP) is 2.81. The summed E-state index contributed by atoms with van der Waals surface area (Å²) in [5, 5.41) is 11.0. The lowest BCUT2D eigenvalue weighted by Gasteiger charge is -2.35. The van der Waals surface area contributed by atoms with Crippen LogP contribution in [-0.2, 0) is 9.59 Å². The van der Waals surface area contributed by atoms with Gasteiger partial charge in [-0.25, -0.2) is 0 Å². The summed E-state index contributed by atoms with van der Waals surface area (Å²) in [5.41, 5.74) is 2.03. The number of hydrogen-bond donors (Lipinski definition) is 0. The molecule has 0 spiro atoms.